The smallest absolute Gasteiger partial charge is 0.341 e. The van der Waals surface area contributed by atoms with Crippen LogP contribution >= 0.6 is 0 Å². The molecule has 0 aliphatic carbocycles. The van der Waals surface area contributed by atoms with Crippen molar-refractivity contribution in [3.8, 4) is 11.5 Å². The molecule has 0 saturated heterocycles. The number of carbonyl (C=O) groups is 2. The van der Waals surface area contributed by atoms with Gasteiger partial charge in [0.05, 0.1) is 6.04 Å². The van der Waals surface area contributed by atoms with Gasteiger partial charge in [0.25, 0.3) is 5.91 Å². The van der Waals surface area contributed by atoms with Crippen molar-refractivity contribution in [3.05, 3.63) is 59.7 Å². The third kappa shape index (κ3) is 4.14. The minimum atomic E-state index is -1.07. The second kappa shape index (κ2) is 7.07. The van der Waals surface area contributed by atoms with Gasteiger partial charge in [-0.2, -0.15) is 0 Å². The lowest BCUT2D eigenvalue weighted by Gasteiger charge is -2.37. The van der Waals surface area contributed by atoms with E-state index in [4.69, 9.17) is 14.6 Å². The molecule has 2 aromatic rings. The number of hydrogen-bond donors (Lipinski definition) is 2. The Morgan fingerprint density at radius 3 is 2.77 bits per heavy atom. The number of carboxylic acids is 1. The van der Waals surface area contributed by atoms with Crippen LogP contribution in [0.4, 0.5) is 0 Å². The second-order valence-corrected chi connectivity index (χ2v) is 6.84. The Labute approximate surface area is 151 Å². The Balaban J connectivity index is 1.78. The molecule has 3 rings (SSSR count). The quantitative estimate of drug-likeness (QED) is 0.860. The van der Waals surface area contributed by atoms with E-state index in [1.165, 1.54) is 6.07 Å². The van der Waals surface area contributed by atoms with Gasteiger partial charge in [-0.15, -0.1) is 0 Å². The number of ether oxygens (including phenoxy) is 2. The molecule has 6 nitrogen and oxygen atoms in total. The fourth-order valence-corrected chi connectivity index (χ4v) is 3.04. The fourth-order valence-electron chi connectivity index (χ4n) is 3.04. The first-order chi connectivity index (χ1) is 12.3. The average Bonchev–Trinajstić information content (AvgIpc) is 2.59. The molecule has 0 radical (unpaired) electrons. The van der Waals surface area contributed by atoms with Gasteiger partial charge in [0.1, 0.15) is 17.1 Å². The van der Waals surface area contributed by atoms with Gasteiger partial charge in [0, 0.05) is 17.5 Å². The van der Waals surface area contributed by atoms with Crippen LogP contribution in [-0.4, -0.2) is 29.2 Å². The highest BCUT2D eigenvalue weighted by molar-refractivity contribution is 5.95. The van der Waals surface area contributed by atoms with Gasteiger partial charge in [-0.25, -0.2) is 4.79 Å². The van der Waals surface area contributed by atoms with Gasteiger partial charge < -0.3 is 19.9 Å². The Bertz CT molecular complexity index is 830. The maximum atomic E-state index is 12.7. The molecular formula is C20H21NO5. The van der Waals surface area contributed by atoms with Crippen molar-refractivity contribution in [2.24, 2.45) is 0 Å². The number of benzene rings is 2. The number of fused-ring (bicyclic) bond motifs is 1. The standard InChI is InChI=1S/C20H21NO5/c1-20(2)11-16(15-8-3-4-9-17(15)26-20)21-19(24)13-6-5-7-14(10-13)25-12-18(22)23/h3-10,16H,11-12H2,1-2H3,(H,21,24)(H,22,23). The molecule has 1 aliphatic heterocycles. The molecule has 1 heterocycles. The highest BCUT2D eigenvalue weighted by atomic mass is 16.5. The van der Waals surface area contributed by atoms with Crippen molar-refractivity contribution < 1.29 is 24.2 Å². The lowest BCUT2D eigenvalue weighted by Crippen LogP contribution is -2.41. The van der Waals surface area contributed by atoms with Crippen LogP contribution in [0.3, 0.4) is 0 Å². The van der Waals surface area contributed by atoms with Gasteiger partial charge in [-0.1, -0.05) is 24.3 Å². The zero-order valence-electron chi connectivity index (χ0n) is 14.7. The van der Waals surface area contributed by atoms with Crippen molar-refractivity contribution in [3.63, 3.8) is 0 Å². The van der Waals surface area contributed by atoms with Gasteiger partial charge in [0.15, 0.2) is 6.61 Å². The van der Waals surface area contributed by atoms with E-state index in [-0.39, 0.29) is 11.9 Å². The summed E-state index contributed by atoms with van der Waals surface area (Å²) in [6.45, 7) is 3.53. The van der Waals surface area contributed by atoms with Crippen LogP contribution in [0.25, 0.3) is 0 Å². The van der Waals surface area contributed by atoms with Crippen LogP contribution in [-0.2, 0) is 4.79 Å². The van der Waals surface area contributed by atoms with Gasteiger partial charge >= 0.3 is 5.97 Å². The van der Waals surface area contributed by atoms with E-state index in [1.807, 2.05) is 38.1 Å². The summed E-state index contributed by atoms with van der Waals surface area (Å²) in [4.78, 5) is 23.3. The summed E-state index contributed by atoms with van der Waals surface area (Å²) < 4.78 is 11.1. The van der Waals surface area contributed by atoms with Crippen molar-refractivity contribution >= 4 is 11.9 Å². The summed E-state index contributed by atoms with van der Waals surface area (Å²) in [6, 6.07) is 14.0. The number of nitrogens with one attached hydrogen (secondary N) is 1. The number of hydrogen-bond acceptors (Lipinski definition) is 4. The molecule has 2 N–H and O–H groups in total. The number of carboxylic acid groups (broad SMARTS) is 1. The van der Waals surface area contributed by atoms with Crippen LogP contribution in [0.15, 0.2) is 48.5 Å². The molecule has 0 bridgehead atoms. The topological polar surface area (TPSA) is 84.9 Å². The van der Waals surface area contributed by atoms with Crippen LogP contribution in [0.2, 0.25) is 0 Å². The second-order valence-electron chi connectivity index (χ2n) is 6.84. The highest BCUT2D eigenvalue weighted by Gasteiger charge is 2.34. The van der Waals surface area contributed by atoms with Gasteiger partial charge in [-0.3, -0.25) is 4.79 Å². The SMILES string of the molecule is CC1(C)CC(NC(=O)c2cccc(OCC(=O)O)c2)c2ccccc2O1. The third-order valence-corrected chi connectivity index (χ3v) is 4.14. The summed E-state index contributed by atoms with van der Waals surface area (Å²) in [5.74, 6) is -0.204. The molecule has 26 heavy (non-hydrogen) atoms. The molecule has 0 fully saturated rings. The Hall–Kier alpha value is -3.02. The zero-order valence-corrected chi connectivity index (χ0v) is 14.7. The lowest BCUT2D eigenvalue weighted by molar-refractivity contribution is -0.139. The van der Waals surface area contributed by atoms with Crippen molar-refractivity contribution in [2.45, 2.75) is 31.9 Å². The molecule has 1 aliphatic rings. The molecule has 1 unspecified atom stereocenters. The molecule has 1 amide bonds. The van der Waals surface area contributed by atoms with Crippen molar-refractivity contribution in [1.82, 2.24) is 5.32 Å². The summed E-state index contributed by atoms with van der Waals surface area (Å²) in [6.07, 6.45) is 0.644. The van der Waals surface area contributed by atoms with Crippen molar-refractivity contribution in [1.29, 1.82) is 0 Å². The molecule has 136 valence electrons. The number of aliphatic carboxylic acids is 1. The van der Waals surface area contributed by atoms with Gasteiger partial charge in [0.2, 0.25) is 0 Å². The van der Waals surface area contributed by atoms with Crippen LogP contribution in [0.1, 0.15) is 42.2 Å². The van der Waals surface area contributed by atoms with Gasteiger partial charge in [-0.05, 0) is 38.1 Å². The molecule has 0 saturated carbocycles. The van der Waals surface area contributed by atoms with E-state index < -0.39 is 18.2 Å². The monoisotopic (exact) mass is 355 g/mol. The number of para-hydroxylation sites is 1. The number of amides is 1. The van der Waals surface area contributed by atoms with Crippen molar-refractivity contribution in [2.75, 3.05) is 6.61 Å². The first-order valence-corrected chi connectivity index (χ1v) is 8.37. The fraction of sp³-hybridized carbons (Fsp3) is 0.300. The summed E-state index contributed by atoms with van der Waals surface area (Å²) in [5.41, 5.74) is 0.965. The van der Waals surface area contributed by atoms with E-state index in [2.05, 4.69) is 5.32 Å². The maximum Gasteiger partial charge on any atom is 0.341 e. The van der Waals surface area contributed by atoms with E-state index >= 15 is 0 Å². The van der Waals surface area contributed by atoms with Crippen LogP contribution in [0, 0.1) is 0 Å². The molecule has 2 aromatic carbocycles. The summed E-state index contributed by atoms with van der Waals surface area (Å²) >= 11 is 0. The van der Waals surface area contributed by atoms with E-state index in [0.29, 0.717) is 17.7 Å². The van der Waals surface area contributed by atoms with E-state index in [0.717, 1.165) is 11.3 Å². The largest absolute Gasteiger partial charge is 0.487 e. The highest BCUT2D eigenvalue weighted by Crippen LogP contribution is 2.39. The van der Waals surface area contributed by atoms with E-state index in [1.54, 1.807) is 18.2 Å². The van der Waals surface area contributed by atoms with Crippen LogP contribution < -0.4 is 14.8 Å². The molecule has 1 atom stereocenters. The Morgan fingerprint density at radius 1 is 1.23 bits per heavy atom. The first-order valence-electron chi connectivity index (χ1n) is 8.37. The first kappa shape index (κ1) is 17.8. The predicted octanol–water partition coefficient (Wildman–Crippen LogP) is 3.18. The third-order valence-electron chi connectivity index (χ3n) is 4.14. The van der Waals surface area contributed by atoms with Crippen LogP contribution in [0.5, 0.6) is 11.5 Å². The number of carbonyl (C=O) groups excluding carboxylic acids is 1. The predicted molar refractivity (Wildman–Crippen MR) is 95.5 cm³/mol. The molecule has 6 heteroatoms. The average molecular weight is 355 g/mol. The maximum absolute atomic E-state index is 12.7. The minimum Gasteiger partial charge on any atom is -0.487 e. The Morgan fingerprint density at radius 2 is 2.00 bits per heavy atom. The molecular weight excluding hydrogens is 334 g/mol. The molecule has 0 aromatic heterocycles. The Kier molecular flexibility index (Phi) is 4.84. The normalized spacial score (nSPS) is 17.5. The molecule has 0 spiro atoms. The zero-order chi connectivity index (χ0) is 18.7. The minimum absolute atomic E-state index is 0.175. The van der Waals surface area contributed by atoms with E-state index in [9.17, 15) is 9.59 Å². The lowest BCUT2D eigenvalue weighted by atomic mass is 9.89. The summed E-state index contributed by atoms with van der Waals surface area (Å²) in [5, 5.41) is 11.7. The number of rotatable bonds is 5. The summed E-state index contributed by atoms with van der Waals surface area (Å²) in [7, 11) is 0.